The molecule has 3 N–H and O–H groups in total. The highest BCUT2D eigenvalue weighted by Crippen LogP contribution is 2.19. The van der Waals surface area contributed by atoms with Gasteiger partial charge >= 0.3 is 5.97 Å². The Hall–Kier alpha value is -1.66. The number of carbonyl (C=O) groups is 2. The minimum atomic E-state index is -0.660. The Bertz CT molecular complexity index is 1200. The third-order valence-electron chi connectivity index (χ3n) is 16.5. The maximum atomic E-state index is 12.4. The topological polar surface area (TPSA) is 95.9 Å². The summed E-state index contributed by atoms with van der Waals surface area (Å²) in [6, 6.07) is -0.537. The van der Waals surface area contributed by atoms with Gasteiger partial charge in [0.2, 0.25) is 5.91 Å². The molecule has 0 aromatic rings. The van der Waals surface area contributed by atoms with Crippen LogP contribution in [0.4, 0.5) is 0 Å². The number of hydrogen-bond donors (Lipinski definition) is 3. The minimum Gasteiger partial charge on any atom is -0.466 e. The molecule has 6 heteroatoms. The molecular weight excluding hydrogens is 947 g/mol. The lowest BCUT2D eigenvalue weighted by Crippen LogP contribution is -2.45. The van der Waals surface area contributed by atoms with Gasteiger partial charge in [-0.15, -0.1) is 0 Å². The molecule has 456 valence electrons. The van der Waals surface area contributed by atoms with Gasteiger partial charge in [0, 0.05) is 12.8 Å². The number of ether oxygens (including phenoxy) is 1. The van der Waals surface area contributed by atoms with Crippen molar-refractivity contribution in [3.8, 4) is 0 Å². The number of hydrogen-bond acceptors (Lipinski definition) is 5. The molecule has 0 aliphatic rings. The largest absolute Gasteiger partial charge is 0.466 e. The van der Waals surface area contributed by atoms with Gasteiger partial charge in [0.25, 0.3) is 0 Å². The van der Waals surface area contributed by atoms with Crippen LogP contribution in [0, 0.1) is 0 Å². The standard InChI is InChI=1S/C71H137NO5/c1-3-5-7-9-11-13-15-41-45-49-53-57-61-65-71(76)77-66-62-58-54-50-46-43-40-38-36-34-32-30-28-26-24-22-20-18-16-17-19-21-23-25-27-29-31-33-35-37-39-42-44-48-52-56-60-64-70(75)72-68(67-73)69(74)63-59-55-51-47-14-12-10-8-6-4-2/h16,18,22,24,68-69,73-74H,3-15,17,19-21,23,25-67H2,1-2H3,(H,72,75)/b18-16-,24-22-. The highest BCUT2D eigenvalue weighted by molar-refractivity contribution is 5.76. The van der Waals surface area contributed by atoms with Crippen LogP contribution in [0.1, 0.15) is 393 Å². The Morgan fingerprint density at radius 3 is 0.987 bits per heavy atom. The zero-order chi connectivity index (χ0) is 55.7. The molecule has 0 spiro atoms. The quantitative estimate of drug-likeness (QED) is 0.0320. The van der Waals surface area contributed by atoms with E-state index in [-0.39, 0.29) is 18.5 Å². The van der Waals surface area contributed by atoms with E-state index in [9.17, 15) is 19.8 Å². The van der Waals surface area contributed by atoms with Gasteiger partial charge in [0.15, 0.2) is 0 Å². The van der Waals surface area contributed by atoms with Gasteiger partial charge in [0.1, 0.15) is 0 Å². The summed E-state index contributed by atoms with van der Waals surface area (Å²) in [6.07, 6.45) is 83.9. The summed E-state index contributed by atoms with van der Waals surface area (Å²) in [6.45, 7) is 4.97. The zero-order valence-corrected chi connectivity index (χ0v) is 52.2. The summed E-state index contributed by atoms with van der Waals surface area (Å²) >= 11 is 0. The molecule has 0 saturated heterocycles. The van der Waals surface area contributed by atoms with E-state index in [2.05, 4.69) is 43.5 Å². The summed E-state index contributed by atoms with van der Waals surface area (Å²) in [5, 5.41) is 23.2. The number of unbranched alkanes of at least 4 members (excludes halogenated alkanes) is 51. The van der Waals surface area contributed by atoms with Crippen molar-refractivity contribution in [2.24, 2.45) is 0 Å². The molecule has 2 unspecified atom stereocenters. The molecule has 6 nitrogen and oxygen atoms in total. The molecule has 0 saturated carbocycles. The van der Waals surface area contributed by atoms with Crippen LogP contribution >= 0.6 is 0 Å². The van der Waals surface area contributed by atoms with Crippen molar-refractivity contribution in [3.05, 3.63) is 24.3 Å². The summed E-state index contributed by atoms with van der Waals surface area (Å²) < 4.78 is 5.49. The van der Waals surface area contributed by atoms with Gasteiger partial charge in [-0.1, -0.05) is 346 Å². The van der Waals surface area contributed by atoms with E-state index in [1.165, 1.54) is 315 Å². The van der Waals surface area contributed by atoms with Gasteiger partial charge in [-0.2, -0.15) is 0 Å². The summed E-state index contributed by atoms with van der Waals surface area (Å²) in [4.78, 5) is 24.5. The van der Waals surface area contributed by atoms with Crippen molar-refractivity contribution in [3.63, 3.8) is 0 Å². The third kappa shape index (κ3) is 63.4. The SMILES string of the molecule is CCCCCCCCCCCCCCCC(=O)OCCCCCCCCCCCCCCC/C=C\C/C=C\CCCCCCCCCCCCCCCCCCCC(=O)NC(CO)C(O)CCCCCCCCCCCC. The number of allylic oxidation sites excluding steroid dienone is 4. The van der Waals surface area contributed by atoms with Crippen LogP contribution in [-0.4, -0.2) is 47.4 Å². The predicted octanol–water partition coefficient (Wildman–Crippen LogP) is 22.5. The Morgan fingerprint density at radius 1 is 0.364 bits per heavy atom. The van der Waals surface area contributed by atoms with E-state index in [0.717, 1.165) is 44.9 Å². The molecule has 0 aliphatic carbocycles. The highest BCUT2D eigenvalue weighted by atomic mass is 16.5. The Balaban J connectivity index is 3.33. The second-order valence-electron chi connectivity index (χ2n) is 24.2. The molecule has 0 aromatic carbocycles. The van der Waals surface area contributed by atoms with E-state index < -0.39 is 12.1 Å². The van der Waals surface area contributed by atoms with Gasteiger partial charge < -0.3 is 20.3 Å². The number of amides is 1. The number of rotatable bonds is 66. The van der Waals surface area contributed by atoms with Gasteiger partial charge in [0.05, 0.1) is 25.4 Å². The summed E-state index contributed by atoms with van der Waals surface area (Å²) in [7, 11) is 0. The van der Waals surface area contributed by atoms with E-state index >= 15 is 0 Å². The first-order valence-corrected chi connectivity index (χ1v) is 35.1. The van der Waals surface area contributed by atoms with Crippen LogP contribution in [0.25, 0.3) is 0 Å². The number of carbonyl (C=O) groups excluding carboxylic acids is 2. The number of esters is 1. The fourth-order valence-electron chi connectivity index (χ4n) is 11.1. The second-order valence-corrected chi connectivity index (χ2v) is 24.2. The Kier molecular flexibility index (Phi) is 65.4. The molecule has 0 bridgehead atoms. The first-order valence-electron chi connectivity index (χ1n) is 35.1. The lowest BCUT2D eigenvalue weighted by Gasteiger charge is -2.22. The van der Waals surface area contributed by atoms with E-state index in [4.69, 9.17) is 4.74 Å². The van der Waals surface area contributed by atoms with Gasteiger partial charge in [-0.3, -0.25) is 9.59 Å². The van der Waals surface area contributed by atoms with Crippen LogP contribution in [0.3, 0.4) is 0 Å². The Morgan fingerprint density at radius 2 is 0.649 bits per heavy atom. The molecular formula is C71H137NO5. The van der Waals surface area contributed by atoms with E-state index in [0.29, 0.717) is 25.9 Å². The minimum absolute atomic E-state index is 0.0207. The number of nitrogens with one attached hydrogen (secondary N) is 1. The van der Waals surface area contributed by atoms with Crippen molar-refractivity contribution in [1.82, 2.24) is 5.32 Å². The van der Waals surface area contributed by atoms with Gasteiger partial charge in [-0.05, 0) is 57.8 Å². The molecule has 0 heterocycles. The maximum absolute atomic E-state index is 12.4. The first kappa shape index (κ1) is 75.3. The fraction of sp³-hybridized carbons (Fsp3) is 0.915. The molecule has 77 heavy (non-hydrogen) atoms. The summed E-state index contributed by atoms with van der Waals surface area (Å²) in [5.74, 6) is -0.0114. The van der Waals surface area contributed by atoms with Crippen LogP contribution in [0.15, 0.2) is 24.3 Å². The van der Waals surface area contributed by atoms with E-state index in [1.54, 1.807) is 0 Å². The van der Waals surface area contributed by atoms with Crippen molar-refractivity contribution in [2.75, 3.05) is 13.2 Å². The predicted molar refractivity (Wildman–Crippen MR) is 338 cm³/mol. The van der Waals surface area contributed by atoms with Crippen LogP contribution in [0.5, 0.6) is 0 Å². The second kappa shape index (κ2) is 66.8. The number of aliphatic hydroxyl groups excluding tert-OH is 2. The van der Waals surface area contributed by atoms with Crippen molar-refractivity contribution in [1.29, 1.82) is 0 Å². The molecule has 1 amide bonds. The lowest BCUT2D eigenvalue weighted by atomic mass is 10.0. The molecule has 0 fully saturated rings. The van der Waals surface area contributed by atoms with Crippen LogP contribution in [0.2, 0.25) is 0 Å². The smallest absolute Gasteiger partial charge is 0.305 e. The molecule has 0 rings (SSSR count). The maximum Gasteiger partial charge on any atom is 0.305 e. The Labute approximate surface area is 481 Å². The fourth-order valence-corrected chi connectivity index (χ4v) is 11.1. The van der Waals surface area contributed by atoms with Crippen LogP contribution in [-0.2, 0) is 14.3 Å². The first-order chi connectivity index (χ1) is 38.0. The van der Waals surface area contributed by atoms with Crippen molar-refractivity contribution < 1.29 is 24.5 Å². The molecule has 0 radical (unpaired) electrons. The van der Waals surface area contributed by atoms with Crippen molar-refractivity contribution >= 4 is 11.9 Å². The van der Waals surface area contributed by atoms with Gasteiger partial charge in [-0.25, -0.2) is 0 Å². The average molecular weight is 1080 g/mol. The van der Waals surface area contributed by atoms with Crippen LogP contribution < -0.4 is 5.32 Å². The highest BCUT2D eigenvalue weighted by Gasteiger charge is 2.20. The number of aliphatic hydroxyl groups is 2. The molecule has 2 atom stereocenters. The monoisotopic (exact) mass is 1080 g/mol. The average Bonchev–Trinajstić information content (AvgIpc) is 3.43. The van der Waals surface area contributed by atoms with Crippen molar-refractivity contribution in [2.45, 2.75) is 405 Å². The third-order valence-corrected chi connectivity index (χ3v) is 16.5. The molecule has 0 aliphatic heterocycles. The normalized spacial score (nSPS) is 12.6. The molecule has 0 aromatic heterocycles. The summed E-state index contributed by atoms with van der Waals surface area (Å²) in [5.41, 5.74) is 0. The zero-order valence-electron chi connectivity index (χ0n) is 52.2. The lowest BCUT2D eigenvalue weighted by molar-refractivity contribution is -0.143. The van der Waals surface area contributed by atoms with E-state index in [1.807, 2.05) is 0 Å².